The van der Waals surface area contributed by atoms with Crippen LogP contribution in [0.3, 0.4) is 0 Å². The number of aromatic amines is 1. The standard InChI is InChI=1S/C30H31N3O3.C2H6/c1-22-18-33(29(36)31-28(22)35)27-17-23(21-34)19-32(20-27)30(24-11-5-2-6-12-24,25-13-7-3-8-14-25)26-15-9-4-10-16-26;1-2/h2-16,18,23,27,34H,17,19-21H2,1H3,(H,31,35,36);1-2H3. The van der Waals surface area contributed by atoms with E-state index in [-0.39, 0.29) is 24.1 Å². The first kappa shape index (κ1) is 27.3. The maximum Gasteiger partial charge on any atom is 0.328 e. The molecular weight excluding hydrogens is 474 g/mol. The number of nitrogens with zero attached hydrogens (tertiary/aromatic N) is 2. The minimum Gasteiger partial charge on any atom is -0.396 e. The van der Waals surface area contributed by atoms with Crippen molar-refractivity contribution >= 4 is 0 Å². The average Bonchev–Trinajstić information content (AvgIpc) is 2.98. The van der Waals surface area contributed by atoms with Crippen LogP contribution >= 0.6 is 0 Å². The van der Waals surface area contributed by atoms with E-state index in [0.29, 0.717) is 25.1 Å². The van der Waals surface area contributed by atoms with Gasteiger partial charge in [0.25, 0.3) is 5.56 Å². The summed E-state index contributed by atoms with van der Waals surface area (Å²) in [5, 5.41) is 10.3. The summed E-state index contributed by atoms with van der Waals surface area (Å²) >= 11 is 0. The molecule has 0 spiro atoms. The Hall–Kier alpha value is -3.74. The van der Waals surface area contributed by atoms with E-state index in [1.54, 1.807) is 17.7 Å². The number of aliphatic hydroxyl groups excluding tert-OH is 1. The van der Waals surface area contributed by atoms with E-state index in [0.717, 1.165) is 16.7 Å². The van der Waals surface area contributed by atoms with Crippen LogP contribution in [-0.2, 0) is 5.54 Å². The Morgan fingerprint density at radius 1 is 0.816 bits per heavy atom. The topological polar surface area (TPSA) is 78.3 Å². The van der Waals surface area contributed by atoms with Crippen LogP contribution in [0.2, 0.25) is 0 Å². The molecule has 0 saturated carbocycles. The summed E-state index contributed by atoms with van der Waals surface area (Å²) in [4.78, 5) is 29.8. The molecule has 198 valence electrons. The molecule has 1 saturated heterocycles. The lowest BCUT2D eigenvalue weighted by molar-refractivity contribution is 0.0373. The lowest BCUT2D eigenvalue weighted by Gasteiger charge is -2.50. The van der Waals surface area contributed by atoms with Crippen LogP contribution in [0, 0.1) is 12.8 Å². The summed E-state index contributed by atoms with van der Waals surface area (Å²) in [5.74, 6) is -0.0432. The van der Waals surface area contributed by atoms with Gasteiger partial charge in [0.1, 0.15) is 0 Å². The largest absolute Gasteiger partial charge is 0.396 e. The normalized spacial score (nSPS) is 17.9. The predicted octanol–water partition coefficient (Wildman–Crippen LogP) is 4.72. The van der Waals surface area contributed by atoms with E-state index < -0.39 is 11.2 Å². The fraction of sp³-hybridized carbons (Fsp3) is 0.312. The zero-order chi connectivity index (χ0) is 27.1. The Balaban J connectivity index is 0.00000164. The van der Waals surface area contributed by atoms with Gasteiger partial charge in [0.2, 0.25) is 0 Å². The Morgan fingerprint density at radius 3 is 1.74 bits per heavy atom. The summed E-state index contributed by atoms with van der Waals surface area (Å²) in [6.07, 6.45) is 2.30. The Morgan fingerprint density at radius 2 is 1.29 bits per heavy atom. The second-order valence-electron chi connectivity index (χ2n) is 9.63. The van der Waals surface area contributed by atoms with E-state index in [4.69, 9.17) is 0 Å². The van der Waals surface area contributed by atoms with E-state index in [1.807, 2.05) is 32.0 Å². The molecule has 0 radical (unpaired) electrons. The fourth-order valence-corrected chi connectivity index (χ4v) is 5.73. The van der Waals surface area contributed by atoms with Gasteiger partial charge >= 0.3 is 5.69 Å². The van der Waals surface area contributed by atoms with Crippen molar-refractivity contribution in [3.63, 3.8) is 0 Å². The molecular formula is C32H37N3O3. The highest BCUT2D eigenvalue weighted by Gasteiger charge is 2.45. The van der Waals surface area contributed by atoms with Gasteiger partial charge in [-0.3, -0.25) is 19.2 Å². The van der Waals surface area contributed by atoms with Crippen molar-refractivity contribution in [1.82, 2.24) is 14.5 Å². The quantitative estimate of drug-likeness (QED) is 0.367. The molecule has 2 heterocycles. The fourth-order valence-electron chi connectivity index (χ4n) is 5.73. The van der Waals surface area contributed by atoms with Crippen molar-refractivity contribution < 1.29 is 5.11 Å². The summed E-state index contributed by atoms with van der Waals surface area (Å²) in [7, 11) is 0. The Labute approximate surface area is 224 Å². The monoisotopic (exact) mass is 511 g/mol. The van der Waals surface area contributed by atoms with Gasteiger partial charge in [0.15, 0.2) is 0 Å². The maximum absolute atomic E-state index is 12.9. The van der Waals surface area contributed by atoms with Gasteiger partial charge in [-0.05, 0) is 36.0 Å². The number of benzene rings is 3. The van der Waals surface area contributed by atoms with Gasteiger partial charge in [-0.1, -0.05) is 105 Å². The summed E-state index contributed by atoms with van der Waals surface area (Å²) in [5.41, 5.74) is 2.41. The third-order valence-electron chi connectivity index (χ3n) is 7.36. The number of H-pyrrole nitrogens is 1. The lowest BCUT2D eigenvalue weighted by Crippen LogP contribution is -2.56. The number of hydrogen-bond acceptors (Lipinski definition) is 4. The second-order valence-corrected chi connectivity index (χ2v) is 9.63. The van der Waals surface area contributed by atoms with E-state index in [9.17, 15) is 14.7 Å². The summed E-state index contributed by atoms with van der Waals surface area (Å²) in [6.45, 7) is 6.95. The average molecular weight is 512 g/mol. The predicted molar refractivity (Wildman–Crippen MR) is 152 cm³/mol. The molecule has 0 aliphatic carbocycles. The first-order valence-electron chi connectivity index (χ1n) is 13.4. The molecule has 2 unspecified atom stereocenters. The molecule has 1 aliphatic rings. The zero-order valence-corrected chi connectivity index (χ0v) is 22.4. The number of nitrogens with one attached hydrogen (secondary N) is 1. The van der Waals surface area contributed by atoms with Crippen molar-refractivity contribution in [2.24, 2.45) is 5.92 Å². The number of aryl methyl sites for hydroxylation is 1. The summed E-state index contributed by atoms with van der Waals surface area (Å²) < 4.78 is 1.64. The first-order valence-corrected chi connectivity index (χ1v) is 13.4. The zero-order valence-electron chi connectivity index (χ0n) is 22.4. The van der Waals surface area contributed by atoms with Crippen LogP contribution in [0.1, 0.15) is 48.6 Å². The third-order valence-corrected chi connectivity index (χ3v) is 7.36. The van der Waals surface area contributed by atoms with Crippen molar-refractivity contribution in [3.05, 3.63) is 140 Å². The SMILES string of the molecule is CC.Cc1cn(C2CC(CO)CN(C(c3ccccc3)(c3ccccc3)c3ccccc3)C2)c(=O)[nH]c1=O. The molecule has 1 aromatic heterocycles. The van der Waals surface area contributed by atoms with Crippen LogP contribution in [0.15, 0.2) is 107 Å². The molecule has 38 heavy (non-hydrogen) atoms. The van der Waals surface area contributed by atoms with Crippen LogP contribution in [0.5, 0.6) is 0 Å². The smallest absolute Gasteiger partial charge is 0.328 e. The minimum absolute atomic E-state index is 0.0124. The highest BCUT2D eigenvalue weighted by Crippen LogP contribution is 2.45. The maximum atomic E-state index is 12.9. The van der Waals surface area contributed by atoms with Crippen LogP contribution in [-0.4, -0.2) is 39.3 Å². The van der Waals surface area contributed by atoms with Crippen LogP contribution in [0.25, 0.3) is 0 Å². The Kier molecular flexibility index (Phi) is 8.77. The third kappa shape index (κ3) is 5.15. The number of aromatic nitrogens is 2. The van der Waals surface area contributed by atoms with Crippen molar-refractivity contribution in [2.45, 2.75) is 38.8 Å². The molecule has 0 amide bonds. The highest BCUT2D eigenvalue weighted by atomic mass is 16.3. The number of rotatable bonds is 6. The van der Waals surface area contributed by atoms with E-state index in [2.05, 4.69) is 82.7 Å². The van der Waals surface area contributed by atoms with Gasteiger partial charge in [0, 0.05) is 31.5 Å². The molecule has 1 aliphatic heterocycles. The van der Waals surface area contributed by atoms with Crippen molar-refractivity contribution in [1.29, 1.82) is 0 Å². The first-order chi connectivity index (χ1) is 18.5. The molecule has 6 nitrogen and oxygen atoms in total. The van der Waals surface area contributed by atoms with E-state index in [1.165, 1.54) is 0 Å². The van der Waals surface area contributed by atoms with Gasteiger partial charge in [-0.25, -0.2) is 4.79 Å². The lowest BCUT2D eigenvalue weighted by atomic mass is 9.73. The number of likely N-dealkylation sites (tertiary alicyclic amines) is 1. The van der Waals surface area contributed by atoms with Crippen molar-refractivity contribution in [3.8, 4) is 0 Å². The molecule has 1 fully saturated rings. The number of piperidine rings is 1. The van der Waals surface area contributed by atoms with Gasteiger partial charge in [-0.15, -0.1) is 0 Å². The molecule has 5 rings (SSSR count). The van der Waals surface area contributed by atoms with Crippen LogP contribution < -0.4 is 11.2 Å². The van der Waals surface area contributed by atoms with Gasteiger partial charge in [-0.2, -0.15) is 0 Å². The van der Waals surface area contributed by atoms with Gasteiger partial charge < -0.3 is 5.11 Å². The molecule has 2 atom stereocenters. The second kappa shape index (κ2) is 12.2. The molecule has 4 aromatic rings. The number of aliphatic hydroxyl groups is 1. The molecule has 0 bridgehead atoms. The molecule has 6 heteroatoms. The van der Waals surface area contributed by atoms with Crippen LogP contribution in [0.4, 0.5) is 0 Å². The summed E-state index contributed by atoms with van der Waals surface area (Å²) in [6, 6.07) is 31.0. The molecule has 3 aromatic carbocycles. The molecule has 2 N–H and O–H groups in total. The number of hydrogen-bond donors (Lipinski definition) is 2. The van der Waals surface area contributed by atoms with E-state index >= 15 is 0 Å². The van der Waals surface area contributed by atoms with Crippen molar-refractivity contribution in [2.75, 3.05) is 19.7 Å². The minimum atomic E-state index is -0.642. The Bertz CT molecular complexity index is 1320. The highest BCUT2D eigenvalue weighted by molar-refractivity contribution is 5.49. The van der Waals surface area contributed by atoms with Gasteiger partial charge in [0.05, 0.1) is 11.6 Å².